The van der Waals surface area contributed by atoms with Gasteiger partial charge < -0.3 is 10.6 Å². The van der Waals surface area contributed by atoms with Crippen LogP contribution in [0.3, 0.4) is 0 Å². The molecule has 27 heavy (non-hydrogen) atoms. The van der Waals surface area contributed by atoms with Crippen molar-refractivity contribution in [3.8, 4) is 0 Å². The summed E-state index contributed by atoms with van der Waals surface area (Å²) >= 11 is 0. The second kappa shape index (κ2) is 8.32. The number of benzene rings is 3. The summed E-state index contributed by atoms with van der Waals surface area (Å²) in [6.07, 6.45) is 0. The molecule has 0 bridgehead atoms. The second-order valence-electron chi connectivity index (χ2n) is 6.46. The van der Waals surface area contributed by atoms with Gasteiger partial charge in [0.25, 0.3) is 11.8 Å². The van der Waals surface area contributed by atoms with E-state index in [9.17, 15) is 9.59 Å². The normalized spacial score (nSPS) is 11.5. The smallest absolute Gasteiger partial charge is 0.255 e. The molecule has 0 aromatic heterocycles. The zero-order valence-electron chi connectivity index (χ0n) is 15.4. The Labute approximate surface area is 159 Å². The highest BCUT2D eigenvalue weighted by Gasteiger charge is 2.14. The predicted molar refractivity (Wildman–Crippen MR) is 108 cm³/mol. The first-order chi connectivity index (χ1) is 13.0. The van der Waals surface area contributed by atoms with Crippen LogP contribution in [0.5, 0.6) is 0 Å². The molecule has 2 amide bonds. The van der Waals surface area contributed by atoms with E-state index in [2.05, 4.69) is 10.6 Å². The van der Waals surface area contributed by atoms with Gasteiger partial charge in [-0.2, -0.15) is 0 Å². The van der Waals surface area contributed by atoms with Crippen molar-refractivity contribution in [1.29, 1.82) is 0 Å². The standard InChI is InChI=1S/C23H22N2O2/c1-16-9-6-7-14-21(16)25-23(27)20-13-8-12-19(15-20)22(26)24-17(2)18-10-4-3-5-11-18/h3-15,17H,1-2H3,(H,24,26)(H,25,27). The molecule has 136 valence electrons. The third-order valence-electron chi connectivity index (χ3n) is 4.43. The second-order valence-corrected chi connectivity index (χ2v) is 6.46. The molecule has 0 aliphatic rings. The molecule has 0 heterocycles. The van der Waals surface area contributed by atoms with Gasteiger partial charge in [0.15, 0.2) is 0 Å². The molecule has 4 nitrogen and oxygen atoms in total. The Morgan fingerprint density at radius 2 is 1.41 bits per heavy atom. The molecule has 3 aromatic rings. The summed E-state index contributed by atoms with van der Waals surface area (Å²) in [4.78, 5) is 25.1. The molecule has 0 radical (unpaired) electrons. The molecular formula is C23H22N2O2. The number of nitrogens with one attached hydrogen (secondary N) is 2. The Hall–Kier alpha value is -3.40. The highest BCUT2D eigenvalue weighted by Crippen LogP contribution is 2.16. The van der Waals surface area contributed by atoms with Gasteiger partial charge in [-0.15, -0.1) is 0 Å². The number of rotatable bonds is 5. The Bertz CT molecular complexity index is 951. The number of hydrogen-bond acceptors (Lipinski definition) is 2. The summed E-state index contributed by atoms with van der Waals surface area (Å²) in [6.45, 7) is 3.87. The van der Waals surface area contributed by atoms with Crippen LogP contribution in [0.2, 0.25) is 0 Å². The number of anilines is 1. The fourth-order valence-corrected chi connectivity index (χ4v) is 2.81. The number of carbonyl (C=O) groups excluding carboxylic acids is 2. The molecule has 0 fully saturated rings. The predicted octanol–water partition coefficient (Wildman–Crippen LogP) is 4.74. The molecular weight excluding hydrogens is 336 g/mol. The van der Waals surface area contributed by atoms with Crippen LogP contribution in [-0.2, 0) is 0 Å². The molecule has 1 unspecified atom stereocenters. The quantitative estimate of drug-likeness (QED) is 0.692. The molecule has 0 spiro atoms. The van der Waals surface area contributed by atoms with E-state index in [1.54, 1.807) is 24.3 Å². The van der Waals surface area contributed by atoms with E-state index in [4.69, 9.17) is 0 Å². The van der Waals surface area contributed by atoms with Crippen LogP contribution < -0.4 is 10.6 Å². The zero-order chi connectivity index (χ0) is 19.2. The molecule has 0 aliphatic heterocycles. The minimum absolute atomic E-state index is 0.122. The highest BCUT2D eigenvalue weighted by molar-refractivity contribution is 6.06. The van der Waals surface area contributed by atoms with Crippen LogP contribution in [0, 0.1) is 6.92 Å². The summed E-state index contributed by atoms with van der Waals surface area (Å²) < 4.78 is 0. The zero-order valence-corrected chi connectivity index (χ0v) is 15.4. The van der Waals surface area contributed by atoms with Crippen molar-refractivity contribution in [1.82, 2.24) is 5.32 Å². The van der Waals surface area contributed by atoms with Gasteiger partial charge in [0.1, 0.15) is 0 Å². The monoisotopic (exact) mass is 358 g/mol. The molecule has 0 saturated heterocycles. The topological polar surface area (TPSA) is 58.2 Å². The Morgan fingerprint density at radius 3 is 2.11 bits per heavy atom. The van der Waals surface area contributed by atoms with Gasteiger partial charge in [-0.25, -0.2) is 0 Å². The SMILES string of the molecule is Cc1ccccc1NC(=O)c1cccc(C(=O)NC(C)c2ccccc2)c1. The summed E-state index contributed by atoms with van der Waals surface area (Å²) in [5.41, 5.74) is 3.67. The molecule has 4 heteroatoms. The average molecular weight is 358 g/mol. The minimum Gasteiger partial charge on any atom is -0.346 e. The maximum Gasteiger partial charge on any atom is 0.255 e. The number of amides is 2. The van der Waals surface area contributed by atoms with E-state index < -0.39 is 0 Å². The molecule has 3 aromatic carbocycles. The van der Waals surface area contributed by atoms with Gasteiger partial charge in [0, 0.05) is 16.8 Å². The van der Waals surface area contributed by atoms with Crippen molar-refractivity contribution in [3.05, 3.63) is 101 Å². The van der Waals surface area contributed by atoms with Crippen LogP contribution >= 0.6 is 0 Å². The number of hydrogen-bond donors (Lipinski definition) is 2. The molecule has 0 aliphatic carbocycles. The lowest BCUT2D eigenvalue weighted by molar-refractivity contribution is 0.0940. The van der Waals surface area contributed by atoms with Crippen LogP contribution in [0.15, 0.2) is 78.9 Å². The van der Waals surface area contributed by atoms with E-state index in [1.807, 2.05) is 68.4 Å². The maximum atomic E-state index is 12.6. The fraction of sp³-hybridized carbons (Fsp3) is 0.130. The van der Waals surface area contributed by atoms with Crippen molar-refractivity contribution in [2.75, 3.05) is 5.32 Å². The van der Waals surface area contributed by atoms with Gasteiger partial charge >= 0.3 is 0 Å². The van der Waals surface area contributed by atoms with Gasteiger partial charge in [-0.1, -0.05) is 54.6 Å². The number of aryl methyl sites for hydroxylation is 1. The van der Waals surface area contributed by atoms with E-state index in [1.165, 1.54) is 0 Å². The van der Waals surface area contributed by atoms with Crippen molar-refractivity contribution in [2.45, 2.75) is 19.9 Å². The molecule has 0 saturated carbocycles. The van der Waals surface area contributed by atoms with Crippen molar-refractivity contribution in [2.24, 2.45) is 0 Å². The van der Waals surface area contributed by atoms with Crippen LogP contribution in [0.1, 0.15) is 44.8 Å². The van der Waals surface area contributed by atoms with Crippen LogP contribution in [0.4, 0.5) is 5.69 Å². The van der Waals surface area contributed by atoms with Crippen molar-refractivity contribution >= 4 is 17.5 Å². The highest BCUT2D eigenvalue weighted by atomic mass is 16.2. The van der Waals surface area contributed by atoms with Crippen LogP contribution in [-0.4, -0.2) is 11.8 Å². The largest absolute Gasteiger partial charge is 0.346 e. The maximum absolute atomic E-state index is 12.6. The number of para-hydroxylation sites is 1. The van der Waals surface area contributed by atoms with Crippen molar-refractivity contribution in [3.63, 3.8) is 0 Å². The third kappa shape index (κ3) is 4.61. The first kappa shape index (κ1) is 18.4. The first-order valence-electron chi connectivity index (χ1n) is 8.87. The minimum atomic E-state index is -0.241. The molecule has 3 rings (SSSR count). The lowest BCUT2D eigenvalue weighted by atomic mass is 10.1. The Morgan fingerprint density at radius 1 is 0.778 bits per heavy atom. The molecule has 1 atom stereocenters. The van der Waals surface area contributed by atoms with E-state index >= 15 is 0 Å². The summed E-state index contributed by atoms with van der Waals surface area (Å²) in [5.74, 6) is -0.452. The molecule has 2 N–H and O–H groups in total. The van der Waals surface area contributed by atoms with Gasteiger partial charge in [0.2, 0.25) is 0 Å². The van der Waals surface area contributed by atoms with Gasteiger partial charge in [-0.05, 0) is 49.2 Å². The summed E-state index contributed by atoms with van der Waals surface area (Å²) in [5, 5.41) is 5.86. The fourth-order valence-electron chi connectivity index (χ4n) is 2.81. The van der Waals surface area contributed by atoms with E-state index in [0.717, 1.165) is 16.8 Å². The number of carbonyl (C=O) groups is 2. The Kier molecular flexibility index (Phi) is 5.67. The van der Waals surface area contributed by atoms with Gasteiger partial charge in [-0.3, -0.25) is 9.59 Å². The van der Waals surface area contributed by atoms with Gasteiger partial charge in [0.05, 0.1) is 6.04 Å². The lowest BCUT2D eigenvalue weighted by Crippen LogP contribution is -2.27. The average Bonchev–Trinajstić information content (AvgIpc) is 2.70. The summed E-state index contributed by atoms with van der Waals surface area (Å²) in [6, 6.07) is 23.9. The lowest BCUT2D eigenvalue weighted by Gasteiger charge is -2.15. The van der Waals surface area contributed by atoms with Crippen LogP contribution in [0.25, 0.3) is 0 Å². The first-order valence-corrected chi connectivity index (χ1v) is 8.87. The van der Waals surface area contributed by atoms with E-state index in [-0.39, 0.29) is 17.9 Å². The van der Waals surface area contributed by atoms with E-state index in [0.29, 0.717) is 11.1 Å². The van der Waals surface area contributed by atoms with Crippen molar-refractivity contribution < 1.29 is 9.59 Å². The Balaban J connectivity index is 1.72. The third-order valence-corrected chi connectivity index (χ3v) is 4.43. The summed E-state index contributed by atoms with van der Waals surface area (Å²) in [7, 11) is 0.